The van der Waals surface area contributed by atoms with Gasteiger partial charge in [0.25, 0.3) is 5.91 Å². The van der Waals surface area contributed by atoms with E-state index in [4.69, 9.17) is 16.3 Å². The zero-order valence-corrected chi connectivity index (χ0v) is 16.2. The van der Waals surface area contributed by atoms with Crippen molar-refractivity contribution in [1.82, 2.24) is 9.38 Å². The van der Waals surface area contributed by atoms with Crippen molar-refractivity contribution in [1.29, 1.82) is 0 Å². The first kappa shape index (κ1) is 20.0. The van der Waals surface area contributed by atoms with Gasteiger partial charge in [-0.05, 0) is 24.3 Å². The Morgan fingerprint density at radius 3 is 2.80 bits per heavy atom. The fourth-order valence-electron chi connectivity index (χ4n) is 3.07. The molecule has 30 heavy (non-hydrogen) atoms. The van der Waals surface area contributed by atoms with Crippen LogP contribution in [-0.4, -0.2) is 34.9 Å². The Morgan fingerprint density at radius 2 is 2.07 bits per heavy atom. The van der Waals surface area contributed by atoms with Crippen LogP contribution in [0, 0.1) is 0 Å². The lowest BCUT2D eigenvalue weighted by molar-refractivity contribution is -0.137. The molecule has 7 nitrogen and oxygen atoms in total. The van der Waals surface area contributed by atoms with E-state index >= 15 is 0 Å². The topological polar surface area (TPSA) is 75.9 Å². The standard InChI is InChI=1S/C19H14ClF3N4O3/c1-26-14-5-11(2-3-15(14)30-9-17(26)29)24-16(28)6-12-8-27-7-10(19(21,22)23)4-13(20)18(27)25-12/h2-5,7-8H,6,9H2,1H3,(H,24,28). The highest BCUT2D eigenvalue weighted by Gasteiger charge is 2.32. The number of nitrogens with zero attached hydrogens (tertiary/aromatic N) is 3. The number of hydrogen-bond donors (Lipinski definition) is 1. The van der Waals surface area contributed by atoms with Gasteiger partial charge in [0.1, 0.15) is 5.75 Å². The molecule has 11 heteroatoms. The number of alkyl halides is 3. The van der Waals surface area contributed by atoms with Gasteiger partial charge in [-0.15, -0.1) is 0 Å². The summed E-state index contributed by atoms with van der Waals surface area (Å²) in [6.45, 7) is -0.0539. The highest BCUT2D eigenvalue weighted by molar-refractivity contribution is 6.33. The number of hydrogen-bond acceptors (Lipinski definition) is 4. The lowest BCUT2D eigenvalue weighted by atomic mass is 10.2. The molecule has 2 aromatic heterocycles. The van der Waals surface area contributed by atoms with Crippen LogP contribution >= 0.6 is 11.6 Å². The van der Waals surface area contributed by atoms with E-state index in [1.165, 1.54) is 11.1 Å². The van der Waals surface area contributed by atoms with Crippen LogP contribution in [0.4, 0.5) is 24.5 Å². The Kier molecular flexibility index (Phi) is 4.81. The van der Waals surface area contributed by atoms with Crippen molar-refractivity contribution in [2.45, 2.75) is 12.6 Å². The van der Waals surface area contributed by atoms with Crippen molar-refractivity contribution in [2.24, 2.45) is 0 Å². The Balaban J connectivity index is 1.53. The second kappa shape index (κ2) is 7.21. The maximum absolute atomic E-state index is 12.9. The second-order valence-corrected chi connectivity index (χ2v) is 7.09. The van der Waals surface area contributed by atoms with E-state index < -0.39 is 17.6 Å². The molecule has 1 aliphatic heterocycles. The molecule has 0 aliphatic carbocycles. The number of pyridine rings is 1. The molecule has 0 fully saturated rings. The van der Waals surface area contributed by atoms with Crippen LogP contribution in [-0.2, 0) is 22.2 Å². The van der Waals surface area contributed by atoms with Gasteiger partial charge in [0.15, 0.2) is 12.3 Å². The number of imidazole rings is 1. The van der Waals surface area contributed by atoms with Crippen LogP contribution in [0.15, 0.2) is 36.7 Å². The third kappa shape index (κ3) is 3.78. The van der Waals surface area contributed by atoms with Crippen molar-refractivity contribution in [3.63, 3.8) is 0 Å². The number of rotatable bonds is 3. The van der Waals surface area contributed by atoms with Crippen LogP contribution in [0.25, 0.3) is 5.65 Å². The zero-order valence-electron chi connectivity index (χ0n) is 15.5. The van der Waals surface area contributed by atoms with Crippen LogP contribution in [0.1, 0.15) is 11.3 Å². The number of amides is 2. The fraction of sp³-hybridized carbons (Fsp3) is 0.211. The molecule has 0 bridgehead atoms. The van der Waals surface area contributed by atoms with Crippen LogP contribution in [0.5, 0.6) is 5.75 Å². The van der Waals surface area contributed by atoms with Crippen molar-refractivity contribution >= 4 is 40.4 Å². The molecule has 1 N–H and O–H groups in total. The SMILES string of the molecule is CN1C(=O)COc2ccc(NC(=O)Cc3cn4cc(C(F)(F)F)cc(Cl)c4n3)cc21. The lowest BCUT2D eigenvalue weighted by Crippen LogP contribution is -2.35. The molecular weight excluding hydrogens is 425 g/mol. The summed E-state index contributed by atoms with van der Waals surface area (Å²) in [6, 6.07) is 5.65. The molecule has 0 radical (unpaired) electrons. The van der Waals surface area contributed by atoms with Crippen LogP contribution < -0.4 is 15.0 Å². The summed E-state index contributed by atoms with van der Waals surface area (Å²) in [5, 5.41) is 2.51. The lowest BCUT2D eigenvalue weighted by Gasteiger charge is -2.26. The molecule has 1 aliphatic rings. The minimum absolute atomic E-state index is 0.0539. The van der Waals surface area contributed by atoms with E-state index in [9.17, 15) is 22.8 Å². The average Bonchev–Trinajstić information content (AvgIpc) is 3.07. The number of benzene rings is 1. The number of likely N-dealkylation sites (N-methyl/N-ethyl adjacent to an activating group) is 1. The number of aromatic nitrogens is 2. The van der Waals surface area contributed by atoms with E-state index in [-0.39, 0.29) is 35.3 Å². The van der Waals surface area contributed by atoms with Gasteiger partial charge in [0, 0.05) is 25.1 Å². The predicted octanol–water partition coefficient (Wildman–Crippen LogP) is 3.54. The molecule has 1 aromatic carbocycles. The molecule has 0 saturated carbocycles. The van der Waals surface area contributed by atoms with Gasteiger partial charge in [0.2, 0.25) is 5.91 Å². The predicted molar refractivity (Wildman–Crippen MR) is 103 cm³/mol. The number of anilines is 2. The third-order valence-corrected chi connectivity index (χ3v) is 4.83. The highest BCUT2D eigenvalue weighted by atomic mass is 35.5. The first-order chi connectivity index (χ1) is 14.1. The summed E-state index contributed by atoms with van der Waals surface area (Å²) < 4.78 is 45.3. The molecule has 2 amide bonds. The molecule has 0 atom stereocenters. The zero-order chi connectivity index (χ0) is 21.6. The van der Waals surface area contributed by atoms with Gasteiger partial charge in [-0.25, -0.2) is 4.98 Å². The van der Waals surface area contributed by atoms with Crippen LogP contribution in [0.2, 0.25) is 5.02 Å². The van der Waals surface area contributed by atoms with E-state index in [2.05, 4.69) is 10.3 Å². The molecule has 0 saturated heterocycles. The summed E-state index contributed by atoms with van der Waals surface area (Å²) >= 11 is 5.91. The molecular formula is C19H14ClF3N4O3. The monoisotopic (exact) mass is 438 g/mol. The Bertz CT molecular complexity index is 1180. The van der Waals surface area contributed by atoms with Crippen molar-refractivity contribution < 1.29 is 27.5 Å². The quantitative estimate of drug-likeness (QED) is 0.678. The number of carbonyl (C=O) groups is 2. The van der Waals surface area contributed by atoms with Gasteiger partial charge in [0.05, 0.1) is 28.4 Å². The molecule has 156 valence electrons. The molecule has 3 aromatic rings. The van der Waals surface area contributed by atoms with E-state index in [0.29, 0.717) is 17.1 Å². The average molecular weight is 439 g/mol. The van der Waals surface area contributed by atoms with E-state index in [1.807, 2.05) is 0 Å². The molecule has 3 heterocycles. The summed E-state index contributed by atoms with van der Waals surface area (Å²) in [6.07, 6.45) is -2.54. The third-order valence-electron chi connectivity index (χ3n) is 4.55. The number of ether oxygens (including phenoxy) is 1. The first-order valence-electron chi connectivity index (χ1n) is 8.69. The summed E-state index contributed by atoms with van der Waals surface area (Å²) in [5.74, 6) is -0.132. The minimum Gasteiger partial charge on any atom is -0.482 e. The largest absolute Gasteiger partial charge is 0.482 e. The highest BCUT2D eigenvalue weighted by Crippen LogP contribution is 2.34. The van der Waals surface area contributed by atoms with Crippen LogP contribution in [0.3, 0.4) is 0 Å². The number of carbonyl (C=O) groups excluding carboxylic acids is 2. The number of nitrogens with one attached hydrogen (secondary N) is 1. The van der Waals surface area contributed by atoms with E-state index in [1.54, 1.807) is 25.2 Å². The summed E-state index contributed by atoms with van der Waals surface area (Å²) in [5.41, 5.74) is 0.414. The van der Waals surface area contributed by atoms with Gasteiger partial charge in [-0.3, -0.25) is 9.59 Å². The maximum atomic E-state index is 12.9. The molecule has 0 unspecified atom stereocenters. The number of halogens is 4. The second-order valence-electron chi connectivity index (χ2n) is 6.69. The maximum Gasteiger partial charge on any atom is 0.417 e. The first-order valence-corrected chi connectivity index (χ1v) is 9.07. The van der Waals surface area contributed by atoms with Gasteiger partial charge in [-0.1, -0.05) is 11.6 Å². The minimum atomic E-state index is -4.55. The van der Waals surface area contributed by atoms with Gasteiger partial charge < -0.3 is 19.4 Å². The number of fused-ring (bicyclic) bond motifs is 2. The van der Waals surface area contributed by atoms with Gasteiger partial charge in [-0.2, -0.15) is 13.2 Å². The Morgan fingerprint density at radius 1 is 1.30 bits per heavy atom. The van der Waals surface area contributed by atoms with Gasteiger partial charge >= 0.3 is 6.18 Å². The Labute approximate surface area is 173 Å². The normalized spacial score (nSPS) is 13.9. The van der Waals surface area contributed by atoms with Crippen molar-refractivity contribution in [2.75, 3.05) is 23.9 Å². The molecule has 4 rings (SSSR count). The van der Waals surface area contributed by atoms with Crippen molar-refractivity contribution in [3.8, 4) is 5.75 Å². The fourth-order valence-corrected chi connectivity index (χ4v) is 3.32. The molecule has 0 spiro atoms. The van der Waals surface area contributed by atoms with Crippen molar-refractivity contribution in [3.05, 3.63) is 52.9 Å². The Hall–Kier alpha value is -3.27. The van der Waals surface area contributed by atoms with E-state index in [0.717, 1.165) is 16.7 Å². The smallest absolute Gasteiger partial charge is 0.417 e. The summed E-state index contributed by atoms with van der Waals surface area (Å²) in [4.78, 5) is 29.7. The summed E-state index contributed by atoms with van der Waals surface area (Å²) in [7, 11) is 1.60.